The highest BCUT2D eigenvalue weighted by Gasteiger charge is 2.33. The van der Waals surface area contributed by atoms with E-state index < -0.39 is 11.6 Å². The number of benzene rings is 1. The number of halogens is 2. The second-order valence-electron chi connectivity index (χ2n) is 11.7. The van der Waals surface area contributed by atoms with Crippen molar-refractivity contribution in [2.75, 3.05) is 6.61 Å². The predicted molar refractivity (Wildman–Crippen MR) is 137 cm³/mol. The fourth-order valence-corrected chi connectivity index (χ4v) is 7.01. The number of rotatable bonds is 9. The van der Waals surface area contributed by atoms with E-state index in [-0.39, 0.29) is 5.75 Å². The normalized spacial score (nSPS) is 32.0. The van der Waals surface area contributed by atoms with Gasteiger partial charge in [-0.15, -0.1) is 0 Å². The van der Waals surface area contributed by atoms with Crippen LogP contribution in [0.4, 0.5) is 8.78 Å². The maximum Gasteiger partial charge on any atom is 0.200 e. The van der Waals surface area contributed by atoms with Crippen molar-refractivity contribution in [3.63, 3.8) is 0 Å². The number of aryl methyl sites for hydroxylation is 1. The summed E-state index contributed by atoms with van der Waals surface area (Å²) in [6.45, 7) is 4.38. The number of ether oxygens (including phenoxy) is 1. The fourth-order valence-electron chi connectivity index (χ4n) is 7.01. The van der Waals surface area contributed by atoms with Crippen molar-refractivity contribution in [2.24, 2.45) is 35.5 Å². The van der Waals surface area contributed by atoms with Gasteiger partial charge in [0.25, 0.3) is 0 Å². The Morgan fingerprint density at radius 1 is 0.765 bits per heavy atom. The van der Waals surface area contributed by atoms with Gasteiger partial charge in [-0.1, -0.05) is 44.4 Å². The lowest BCUT2D eigenvalue weighted by Gasteiger charge is -2.40. The second-order valence-corrected chi connectivity index (χ2v) is 11.7. The summed E-state index contributed by atoms with van der Waals surface area (Å²) < 4.78 is 33.5. The molecule has 3 heteroatoms. The number of hydrogen-bond donors (Lipinski definition) is 0. The Morgan fingerprint density at radius 3 is 2.09 bits per heavy atom. The van der Waals surface area contributed by atoms with Crippen molar-refractivity contribution in [3.8, 4) is 5.75 Å². The Morgan fingerprint density at radius 2 is 1.44 bits per heavy atom. The zero-order valence-electron chi connectivity index (χ0n) is 21.5. The maximum atomic E-state index is 14.1. The molecule has 4 rings (SSSR count). The van der Waals surface area contributed by atoms with Gasteiger partial charge in [0, 0.05) is 0 Å². The molecular weight excluding hydrogens is 426 g/mol. The van der Waals surface area contributed by atoms with Gasteiger partial charge in [-0.25, -0.2) is 4.39 Å². The SMILES string of the molecule is CCCCCC1C=CC(C2CCC(C3CCC(COc4ccc(C)c(F)c4F)CC3)CC2)CC1. The molecule has 2 fully saturated rings. The number of allylic oxidation sites excluding steroid dienone is 2. The zero-order chi connectivity index (χ0) is 23.9. The molecule has 190 valence electrons. The molecule has 1 aromatic carbocycles. The zero-order valence-corrected chi connectivity index (χ0v) is 21.5. The van der Waals surface area contributed by atoms with Gasteiger partial charge in [0.1, 0.15) is 0 Å². The van der Waals surface area contributed by atoms with Crippen LogP contribution in [0.5, 0.6) is 5.75 Å². The van der Waals surface area contributed by atoms with E-state index in [1.807, 2.05) is 0 Å². The molecule has 1 aromatic rings. The van der Waals surface area contributed by atoms with Crippen LogP contribution in [0, 0.1) is 54.1 Å². The first-order valence-corrected chi connectivity index (χ1v) is 14.3. The first-order valence-electron chi connectivity index (χ1n) is 14.3. The van der Waals surface area contributed by atoms with Crippen molar-refractivity contribution in [2.45, 2.75) is 104 Å². The summed E-state index contributed by atoms with van der Waals surface area (Å²) in [7, 11) is 0. The highest BCUT2D eigenvalue weighted by atomic mass is 19.2. The minimum absolute atomic E-state index is 0.0626. The van der Waals surface area contributed by atoms with Gasteiger partial charge < -0.3 is 4.74 Å². The fraction of sp³-hybridized carbons (Fsp3) is 0.742. The smallest absolute Gasteiger partial charge is 0.200 e. The third-order valence-electron chi connectivity index (χ3n) is 9.37. The lowest BCUT2D eigenvalue weighted by molar-refractivity contribution is 0.112. The molecule has 0 radical (unpaired) electrons. The average molecular weight is 473 g/mol. The molecule has 0 N–H and O–H groups in total. The molecule has 34 heavy (non-hydrogen) atoms. The van der Waals surface area contributed by atoms with Crippen LogP contribution in [-0.4, -0.2) is 6.61 Å². The summed E-state index contributed by atoms with van der Waals surface area (Å²) in [6, 6.07) is 3.15. The van der Waals surface area contributed by atoms with E-state index in [0.717, 1.165) is 42.4 Å². The first kappa shape index (κ1) is 25.7. The topological polar surface area (TPSA) is 9.23 Å². The average Bonchev–Trinajstić information content (AvgIpc) is 2.88. The molecule has 0 heterocycles. The van der Waals surface area contributed by atoms with Crippen molar-refractivity contribution >= 4 is 0 Å². The maximum absolute atomic E-state index is 14.1. The molecule has 2 unspecified atom stereocenters. The minimum atomic E-state index is -0.842. The summed E-state index contributed by atoms with van der Waals surface area (Å²) in [6.07, 6.45) is 24.0. The summed E-state index contributed by atoms with van der Waals surface area (Å²) in [4.78, 5) is 0. The lowest BCUT2D eigenvalue weighted by Crippen LogP contribution is -2.29. The van der Waals surface area contributed by atoms with Gasteiger partial charge in [-0.3, -0.25) is 0 Å². The molecule has 3 aliphatic carbocycles. The van der Waals surface area contributed by atoms with Crippen LogP contribution in [0.25, 0.3) is 0 Å². The molecule has 2 atom stereocenters. The van der Waals surface area contributed by atoms with E-state index in [1.165, 1.54) is 77.0 Å². The standard InChI is InChI=1S/C31H46F2O/c1-3-4-5-6-23-8-12-25(13-9-23)27-16-18-28(19-17-27)26-14-10-24(11-15-26)21-34-29-20-7-22(2)30(32)31(29)33/h7-8,12,20,23-28H,3-6,9-11,13-19,21H2,1-2H3. The van der Waals surface area contributed by atoms with E-state index in [1.54, 1.807) is 19.1 Å². The first-order chi connectivity index (χ1) is 16.5. The molecule has 0 amide bonds. The predicted octanol–water partition coefficient (Wildman–Crippen LogP) is 9.43. The molecule has 0 saturated heterocycles. The Hall–Kier alpha value is -1.38. The van der Waals surface area contributed by atoms with Crippen molar-refractivity contribution in [1.29, 1.82) is 0 Å². The van der Waals surface area contributed by atoms with E-state index >= 15 is 0 Å². The van der Waals surface area contributed by atoms with Gasteiger partial charge in [0.2, 0.25) is 5.82 Å². The molecule has 1 nitrogen and oxygen atoms in total. The largest absolute Gasteiger partial charge is 0.490 e. The van der Waals surface area contributed by atoms with Crippen LogP contribution in [0.3, 0.4) is 0 Å². The molecule has 0 bridgehead atoms. The van der Waals surface area contributed by atoms with Crippen LogP contribution in [0.15, 0.2) is 24.3 Å². The van der Waals surface area contributed by atoms with Gasteiger partial charge in [0.05, 0.1) is 6.61 Å². The summed E-state index contributed by atoms with van der Waals surface area (Å²) in [5.41, 5.74) is 0.325. The van der Waals surface area contributed by atoms with Gasteiger partial charge in [-0.05, 0) is 125 Å². The third-order valence-corrected chi connectivity index (χ3v) is 9.37. The minimum Gasteiger partial charge on any atom is -0.490 e. The van der Waals surface area contributed by atoms with E-state index in [2.05, 4.69) is 19.1 Å². The van der Waals surface area contributed by atoms with E-state index in [0.29, 0.717) is 18.1 Å². The Balaban J connectivity index is 1.15. The van der Waals surface area contributed by atoms with Crippen LogP contribution < -0.4 is 4.74 Å². The van der Waals surface area contributed by atoms with Crippen LogP contribution in [0.1, 0.15) is 102 Å². The molecule has 2 saturated carbocycles. The molecule has 0 aliphatic heterocycles. The molecule has 0 aromatic heterocycles. The highest BCUT2D eigenvalue weighted by Crippen LogP contribution is 2.45. The Labute approximate surface area is 206 Å². The van der Waals surface area contributed by atoms with Crippen LogP contribution >= 0.6 is 0 Å². The monoisotopic (exact) mass is 472 g/mol. The summed E-state index contributed by atoms with van der Waals surface area (Å²) in [5, 5.41) is 0. The van der Waals surface area contributed by atoms with Crippen molar-refractivity contribution < 1.29 is 13.5 Å². The van der Waals surface area contributed by atoms with Crippen LogP contribution in [-0.2, 0) is 0 Å². The lowest BCUT2D eigenvalue weighted by atomic mass is 9.66. The quantitative estimate of drug-likeness (QED) is 0.257. The van der Waals surface area contributed by atoms with Crippen molar-refractivity contribution in [1.82, 2.24) is 0 Å². The second kappa shape index (κ2) is 12.5. The van der Waals surface area contributed by atoms with E-state index in [4.69, 9.17) is 4.74 Å². The Bertz CT molecular complexity index is 787. The molecular formula is C31H46F2O. The highest BCUT2D eigenvalue weighted by molar-refractivity contribution is 5.30. The third kappa shape index (κ3) is 6.64. The molecule has 0 spiro atoms. The van der Waals surface area contributed by atoms with Crippen LogP contribution in [0.2, 0.25) is 0 Å². The molecule has 3 aliphatic rings. The Kier molecular flexibility index (Phi) is 9.48. The van der Waals surface area contributed by atoms with Crippen molar-refractivity contribution in [3.05, 3.63) is 41.5 Å². The van der Waals surface area contributed by atoms with Gasteiger partial charge in [-0.2, -0.15) is 4.39 Å². The van der Waals surface area contributed by atoms with E-state index in [9.17, 15) is 8.78 Å². The van der Waals surface area contributed by atoms with Gasteiger partial charge >= 0.3 is 0 Å². The number of hydrogen-bond acceptors (Lipinski definition) is 1. The number of unbranched alkanes of at least 4 members (excludes halogenated alkanes) is 2. The van der Waals surface area contributed by atoms with Gasteiger partial charge in [0.15, 0.2) is 11.6 Å². The summed E-state index contributed by atoms with van der Waals surface area (Å²) >= 11 is 0. The summed E-state index contributed by atoms with van der Waals surface area (Å²) in [5.74, 6) is 3.26.